The fourth-order valence-corrected chi connectivity index (χ4v) is 2.34. The molecule has 1 nitrogen and oxygen atoms in total. The van der Waals surface area contributed by atoms with E-state index in [2.05, 4.69) is 36.7 Å². The minimum Gasteiger partial charge on any atom is -0.394 e. The van der Waals surface area contributed by atoms with Crippen LogP contribution < -0.4 is 0 Å². The lowest BCUT2D eigenvalue weighted by Gasteiger charge is -2.38. The fourth-order valence-electron chi connectivity index (χ4n) is 1.07. The average molecular weight is 239 g/mol. The van der Waals surface area contributed by atoms with Gasteiger partial charge in [0.1, 0.15) is 0 Å². The number of halogens is 1. The third-order valence-corrected chi connectivity index (χ3v) is 4.89. The van der Waals surface area contributed by atoms with Gasteiger partial charge in [0.05, 0.1) is 0 Å². The Bertz CT molecular complexity index is 129. The van der Waals surface area contributed by atoms with Crippen LogP contribution in [0.25, 0.3) is 0 Å². The van der Waals surface area contributed by atoms with Gasteiger partial charge >= 0.3 is 0 Å². The third-order valence-electron chi connectivity index (χ3n) is 2.58. The van der Waals surface area contributed by atoms with Gasteiger partial charge in [-0.2, -0.15) is 0 Å². The summed E-state index contributed by atoms with van der Waals surface area (Å²) in [5, 5.41) is 10.3. The number of alkyl halides is 1. The number of hydrogen-bond acceptors (Lipinski definition) is 1. The highest BCUT2D eigenvalue weighted by Gasteiger charge is 2.34. The van der Waals surface area contributed by atoms with Crippen LogP contribution in [0.4, 0.5) is 0 Å². The van der Waals surface area contributed by atoms with Gasteiger partial charge in [0.25, 0.3) is 0 Å². The molecule has 0 saturated heterocycles. The zero-order valence-electron chi connectivity index (χ0n) is 8.11. The number of aliphatic hydroxyl groups is 1. The van der Waals surface area contributed by atoms with Crippen molar-refractivity contribution in [2.24, 2.45) is 11.3 Å². The van der Waals surface area contributed by atoms with Gasteiger partial charge in [-0.1, -0.05) is 36.7 Å². The van der Waals surface area contributed by atoms with Crippen LogP contribution in [0, 0.1) is 11.3 Å². The monoisotopic (exact) mass is 238 g/mol. The lowest BCUT2D eigenvalue weighted by Crippen LogP contribution is -2.42. The molecule has 0 rings (SSSR count). The molecule has 0 aliphatic carbocycles. The zero-order valence-corrected chi connectivity index (χ0v) is 11.7. The molecule has 0 saturated carbocycles. The molecule has 0 bridgehead atoms. The summed E-state index contributed by atoms with van der Waals surface area (Å²) in [7, 11) is 0.832. The van der Waals surface area contributed by atoms with Gasteiger partial charge in [-0.15, -0.1) is 0 Å². The van der Waals surface area contributed by atoms with E-state index in [9.17, 15) is 5.11 Å². The second-order valence-electron chi connectivity index (χ2n) is 4.50. The lowest BCUT2D eigenvalue weighted by molar-refractivity contribution is 0.0336. The van der Waals surface area contributed by atoms with Crippen molar-refractivity contribution in [2.75, 3.05) is 5.33 Å². The normalized spacial score (nSPS) is 21.3. The predicted octanol–water partition coefficient (Wildman–Crippen LogP) is 1.12. The molecule has 0 fully saturated rings. The van der Waals surface area contributed by atoms with Crippen molar-refractivity contribution >= 4 is 26.2 Å². The molecular formula is C8H19BrOSi. The van der Waals surface area contributed by atoms with Crippen LogP contribution >= 0.6 is 15.9 Å². The maximum absolute atomic E-state index is 9.79. The van der Waals surface area contributed by atoms with Crippen LogP contribution in [0.1, 0.15) is 27.7 Å². The maximum Gasteiger partial charge on any atom is 0.0454 e. The molecule has 0 aliphatic rings. The standard InChI is InChI=1S/C8H19BrOSi/c1-6(8(4,10)11)7(2,3)5-9/h6,10H,5H2,1-4,11H3. The number of rotatable bonds is 3. The Labute approximate surface area is 81.1 Å². The molecule has 1 N–H and O–H groups in total. The summed E-state index contributed by atoms with van der Waals surface area (Å²) < 4.78 is 0. The Hall–Kier alpha value is 0.657. The van der Waals surface area contributed by atoms with Crippen molar-refractivity contribution in [1.82, 2.24) is 0 Å². The van der Waals surface area contributed by atoms with Crippen molar-refractivity contribution in [3.63, 3.8) is 0 Å². The molecule has 0 spiro atoms. The summed E-state index contributed by atoms with van der Waals surface area (Å²) >= 11 is 3.47. The highest BCUT2D eigenvalue weighted by atomic mass is 79.9. The van der Waals surface area contributed by atoms with E-state index >= 15 is 0 Å². The molecule has 2 unspecified atom stereocenters. The second-order valence-corrected chi connectivity index (χ2v) is 7.08. The molecule has 0 radical (unpaired) electrons. The summed E-state index contributed by atoms with van der Waals surface area (Å²) in [6.07, 6.45) is 0. The molecular weight excluding hydrogens is 220 g/mol. The molecule has 2 atom stereocenters. The van der Waals surface area contributed by atoms with Gasteiger partial charge in [0, 0.05) is 20.8 Å². The van der Waals surface area contributed by atoms with Crippen LogP contribution in [0.2, 0.25) is 0 Å². The summed E-state index contributed by atoms with van der Waals surface area (Å²) in [4.78, 5) is 0. The third kappa shape index (κ3) is 3.26. The van der Waals surface area contributed by atoms with E-state index in [1.807, 2.05) is 6.92 Å². The Morgan fingerprint density at radius 2 is 1.82 bits per heavy atom. The van der Waals surface area contributed by atoms with E-state index in [0.29, 0.717) is 5.92 Å². The van der Waals surface area contributed by atoms with Crippen LogP contribution in [0.3, 0.4) is 0 Å². The first-order chi connectivity index (χ1) is 4.72. The Kier molecular flexibility index (Phi) is 3.80. The highest BCUT2D eigenvalue weighted by molar-refractivity contribution is 9.09. The topological polar surface area (TPSA) is 20.2 Å². The molecule has 0 aromatic heterocycles. The highest BCUT2D eigenvalue weighted by Crippen LogP contribution is 2.34. The van der Waals surface area contributed by atoms with Gasteiger partial charge < -0.3 is 5.11 Å². The number of hydrogen-bond donors (Lipinski definition) is 1. The van der Waals surface area contributed by atoms with Crippen molar-refractivity contribution < 1.29 is 5.11 Å². The summed E-state index contributed by atoms with van der Waals surface area (Å²) in [6.45, 7) is 8.40. The first-order valence-electron chi connectivity index (χ1n) is 4.00. The van der Waals surface area contributed by atoms with E-state index < -0.39 is 5.22 Å². The molecule has 0 aromatic rings. The summed E-state index contributed by atoms with van der Waals surface area (Å²) in [5.74, 6) is 0.348. The van der Waals surface area contributed by atoms with Gasteiger partial charge in [-0.3, -0.25) is 0 Å². The smallest absolute Gasteiger partial charge is 0.0454 e. The summed E-state index contributed by atoms with van der Waals surface area (Å²) in [5.41, 5.74) is 0.186. The fraction of sp³-hybridized carbons (Fsp3) is 1.00. The predicted molar refractivity (Wildman–Crippen MR) is 57.3 cm³/mol. The van der Waals surface area contributed by atoms with E-state index in [0.717, 1.165) is 15.6 Å². The molecule has 0 heterocycles. The SMILES string of the molecule is CC(C(C)(O)[SiH3])C(C)(C)CBr. The minimum atomic E-state index is -0.447. The lowest BCUT2D eigenvalue weighted by atomic mass is 9.78. The second kappa shape index (κ2) is 3.58. The molecule has 68 valence electrons. The first kappa shape index (κ1) is 11.7. The first-order valence-corrected chi connectivity index (χ1v) is 6.12. The van der Waals surface area contributed by atoms with Gasteiger partial charge in [0.15, 0.2) is 0 Å². The van der Waals surface area contributed by atoms with Gasteiger partial charge in [-0.25, -0.2) is 0 Å². The van der Waals surface area contributed by atoms with Gasteiger partial charge in [-0.05, 0) is 18.3 Å². The molecule has 3 heteroatoms. The minimum absolute atomic E-state index is 0.186. The van der Waals surface area contributed by atoms with E-state index in [4.69, 9.17) is 0 Å². The average Bonchev–Trinajstić information content (AvgIpc) is 1.84. The maximum atomic E-state index is 9.79. The van der Waals surface area contributed by atoms with Crippen molar-refractivity contribution in [3.8, 4) is 0 Å². The van der Waals surface area contributed by atoms with E-state index in [-0.39, 0.29) is 5.41 Å². The molecule has 0 aliphatic heterocycles. The van der Waals surface area contributed by atoms with Crippen LogP contribution in [0.15, 0.2) is 0 Å². The van der Waals surface area contributed by atoms with Crippen molar-refractivity contribution in [2.45, 2.75) is 32.9 Å². The van der Waals surface area contributed by atoms with Crippen LogP contribution in [0.5, 0.6) is 0 Å². The Morgan fingerprint density at radius 1 is 1.45 bits per heavy atom. The Balaban J connectivity index is 4.35. The zero-order chi connectivity index (χ0) is 9.28. The van der Waals surface area contributed by atoms with Crippen LogP contribution in [-0.2, 0) is 0 Å². The molecule has 0 amide bonds. The van der Waals surface area contributed by atoms with E-state index in [1.54, 1.807) is 0 Å². The Morgan fingerprint density at radius 3 is 1.91 bits per heavy atom. The van der Waals surface area contributed by atoms with Crippen LogP contribution in [-0.4, -0.2) is 25.9 Å². The molecule has 11 heavy (non-hydrogen) atoms. The largest absolute Gasteiger partial charge is 0.394 e. The molecule has 0 aromatic carbocycles. The quantitative estimate of drug-likeness (QED) is 0.578. The van der Waals surface area contributed by atoms with Crippen molar-refractivity contribution in [3.05, 3.63) is 0 Å². The van der Waals surface area contributed by atoms with E-state index in [1.165, 1.54) is 0 Å². The van der Waals surface area contributed by atoms with Crippen molar-refractivity contribution in [1.29, 1.82) is 0 Å². The van der Waals surface area contributed by atoms with Gasteiger partial charge in [0.2, 0.25) is 0 Å². The summed E-state index contributed by atoms with van der Waals surface area (Å²) in [6, 6.07) is 0.